The molecule has 4 heteroatoms. The van der Waals surface area contributed by atoms with Crippen LogP contribution in [-0.4, -0.2) is 74.9 Å². The predicted molar refractivity (Wildman–Crippen MR) is 88.7 cm³/mol. The Morgan fingerprint density at radius 1 is 1.19 bits per heavy atom. The average Bonchev–Trinajstić information content (AvgIpc) is 2.42. The summed E-state index contributed by atoms with van der Waals surface area (Å²) in [5, 5.41) is 3.75. The summed E-state index contributed by atoms with van der Waals surface area (Å²) >= 11 is 0. The van der Waals surface area contributed by atoms with Gasteiger partial charge in [0.1, 0.15) is 0 Å². The van der Waals surface area contributed by atoms with E-state index in [4.69, 9.17) is 4.74 Å². The Bertz CT molecular complexity index is 311. The fraction of sp³-hybridized carbons (Fsp3) is 1.00. The van der Waals surface area contributed by atoms with E-state index in [1.54, 1.807) is 0 Å². The summed E-state index contributed by atoms with van der Waals surface area (Å²) in [6.07, 6.45) is 1.60. The largest absolute Gasteiger partial charge is 0.377 e. The van der Waals surface area contributed by atoms with E-state index < -0.39 is 0 Å². The third-order valence-electron chi connectivity index (χ3n) is 5.22. The molecule has 2 unspecified atom stereocenters. The van der Waals surface area contributed by atoms with Crippen LogP contribution < -0.4 is 5.32 Å². The third kappa shape index (κ3) is 4.65. The molecule has 0 amide bonds. The van der Waals surface area contributed by atoms with Gasteiger partial charge in [-0.25, -0.2) is 0 Å². The van der Waals surface area contributed by atoms with Gasteiger partial charge in [0.25, 0.3) is 0 Å². The highest BCUT2D eigenvalue weighted by molar-refractivity contribution is 5.02. The van der Waals surface area contributed by atoms with Gasteiger partial charge in [0.05, 0.1) is 6.10 Å². The summed E-state index contributed by atoms with van der Waals surface area (Å²) in [7, 11) is 2.21. The molecule has 0 aromatic heterocycles. The number of hydrogen-bond donors (Lipinski definition) is 1. The van der Waals surface area contributed by atoms with Crippen molar-refractivity contribution in [3.05, 3.63) is 0 Å². The van der Waals surface area contributed by atoms with Crippen LogP contribution in [0, 0.1) is 11.3 Å². The van der Waals surface area contributed by atoms with Crippen LogP contribution in [0.25, 0.3) is 0 Å². The van der Waals surface area contributed by atoms with E-state index in [-0.39, 0.29) is 5.41 Å². The highest BCUT2D eigenvalue weighted by Crippen LogP contribution is 2.42. The van der Waals surface area contributed by atoms with Crippen LogP contribution >= 0.6 is 0 Å². The number of ether oxygens (including phenoxy) is 1. The summed E-state index contributed by atoms with van der Waals surface area (Å²) in [5.74, 6) is 0.630. The van der Waals surface area contributed by atoms with Gasteiger partial charge in [-0.3, -0.25) is 4.90 Å². The maximum atomic E-state index is 6.04. The molecule has 1 aliphatic heterocycles. The molecule has 1 heterocycles. The Kier molecular flexibility index (Phi) is 6.06. The fourth-order valence-corrected chi connectivity index (χ4v) is 3.29. The molecule has 2 fully saturated rings. The van der Waals surface area contributed by atoms with Crippen LogP contribution in [0.5, 0.6) is 0 Å². The van der Waals surface area contributed by atoms with Crippen LogP contribution in [0.4, 0.5) is 0 Å². The van der Waals surface area contributed by atoms with E-state index in [0.717, 1.165) is 13.2 Å². The van der Waals surface area contributed by atoms with Crippen LogP contribution in [0.1, 0.15) is 34.1 Å². The van der Waals surface area contributed by atoms with Crippen LogP contribution in [0.15, 0.2) is 0 Å². The number of nitrogens with one attached hydrogen (secondary N) is 1. The molecule has 0 radical (unpaired) electrons. The van der Waals surface area contributed by atoms with E-state index in [1.807, 2.05) is 0 Å². The van der Waals surface area contributed by atoms with Gasteiger partial charge < -0.3 is 15.0 Å². The van der Waals surface area contributed by atoms with Crippen molar-refractivity contribution in [1.82, 2.24) is 15.1 Å². The molecule has 2 aliphatic rings. The maximum absolute atomic E-state index is 6.04. The highest BCUT2D eigenvalue weighted by Gasteiger charge is 2.48. The lowest BCUT2D eigenvalue weighted by Crippen LogP contribution is -2.62. The Balaban J connectivity index is 1.61. The monoisotopic (exact) mass is 297 g/mol. The molecular formula is C17H35N3O. The molecule has 1 saturated carbocycles. The molecule has 2 rings (SSSR count). The summed E-state index contributed by atoms with van der Waals surface area (Å²) < 4.78 is 6.04. The van der Waals surface area contributed by atoms with Crippen LogP contribution in [-0.2, 0) is 4.74 Å². The van der Waals surface area contributed by atoms with Gasteiger partial charge in [-0.2, -0.15) is 0 Å². The van der Waals surface area contributed by atoms with Crippen LogP contribution in [0.2, 0.25) is 0 Å². The average molecular weight is 297 g/mol. The summed E-state index contributed by atoms with van der Waals surface area (Å²) in [4.78, 5) is 4.99. The van der Waals surface area contributed by atoms with Gasteiger partial charge in [0.2, 0.25) is 0 Å². The van der Waals surface area contributed by atoms with Crippen molar-refractivity contribution in [2.75, 3.05) is 52.9 Å². The topological polar surface area (TPSA) is 27.7 Å². The number of nitrogens with zero attached hydrogens (tertiary/aromatic N) is 2. The Labute approximate surface area is 131 Å². The fourth-order valence-electron chi connectivity index (χ4n) is 3.29. The van der Waals surface area contributed by atoms with E-state index >= 15 is 0 Å². The van der Waals surface area contributed by atoms with Gasteiger partial charge in [0, 0.05) is 57.3 Å². The second-order valence-electron chi connectivity index (χ2n) is 7.92. The van der Waals surface area contributed by atoms with Crippen molar-refractivity contribution >= 4 is 0 Å². The highest BCUT2D eigenvalue weighted by atomic mass is 16.5. The minimum absolute atomic E-state index is 0.275. The van der Waals surface area contributed by atoms with E-state index in [1.165, 1.54) is 39.1 Å². The van der Waals surface area contributed by atoms with Crippen molar-refractivity contribution in [3.63, 3.8) is 0 Å². The molecule has 0 spiro atoms. The van der Waals surface area contributed by atoms with Crippen molar-refractivity contribution in [2.24, 2.45) is 11.3 Å². The zero-order valence-corrected chi connectivity index (χ0v) is 14.7. The molecule has 0 aromatic carbocycles. The number of rotatable bonds is 7. The summed E-state index contributed by atoms with van der Waals surface area (Å²) in [6.45, 7) is 17.1. The first-order valence-corrected chi connectivity index (χ1v) is 8.65. The lowest BCUT2D eigenvalue weighted by atomic mass is 9.64. The van der Waals surface area contributed by atoms with Gasteiger partial charge in [-0.1, -0.05) is 27.7 Å². The quantitative estimate of drug-likeness (QED) is 0.773. The molecule has 4 nitrogen and oxygen atoms in total. The molecule has 1 N–H and O–H groups in total. The molecule has 124 valence electrons. The first-order chi connectivity index (χ1) is 9.89. The van der Waals surface area contributed by atoms with Gasteiger partial charge in [-0.15, -0.1) is 0 Å². The maximum Gasteiger partial charge on any atom is 0.0656 e. The summed E-state index contributed by atoms with van der Waals surface area (Å²) in [6, 6.07) is 0.613. The molecule has 2 atom stereocenters. The van der Waals surface area contributed by atoms with Crippen molar-refractivity contribution in [2.45, 2.75) is 46.3 Å². The lowest BCUT2D eigenvalue weighted by Gasteiger charge is -2.52. The molecular weight excluding hydrogens is 262 g/mol. The molecule has 1 aliphatic carbocycles. The Morgan fingerprint density at radius 3 is 2.43 bits per heavy atom. The van der Waals surface area contributed by atoms with Gasteiger partial charge in [0.15, 0.2) is 0 Å². The minimum atomic E-state index is 0.275. The van der Waals surface area contributed by atoms with E-state index in [9.17, 15) is 0 Å². The smallest absolute Gasteiger partial charge is 0.0656 e. The molecule has 21 heavy (non-hydrogen) atoms. The van der Waals surface area contributed by atoms with Crippen molar-refractivity contribution < 1.29 is 4.74 Å². The van der Waals surface area contributed by atoms with Crippen LogP contribution in [0.3, 0.4) is 0 Å². The number of piperazine rings is 1. The zero-order chi connectivity index (χ0) is 15.5. The third-order valence-corrected chi connectivity index (χ3v) is 5.22. The van der Waals surface area contributed by atoms with E-state index in [0.29, 0.717) is 18.1 Å². The normalized spacial score (nSPS) is 30.6. The van der Waals surface area contributed by atoms with Crippen molar-refractivity contribution in [1.29, 1.82) is 0 Å². The first kappa shape index (κ1) is 17.2. The lowest BCUT2D eigenvalue weighted by molar-refractivity contribution is -0.123. The Morgan fingerprint density at radius 2 is 1.86 bits per heavy atom. The Hall–Kier alpha value is -0.160. The minimum Gasteiger partial charge on any atom is -0.377 e. The molecule has 0 bridgehead atoms. The predicted octanol–water partition coefficient (Wildman–Crippen LogP) is 1.66. The van der Waals surface area contributed by atoms with Crippen molar-refractivity contribution in [3.8, 4) is 0 Å². The summed E-state index contributed by atoms with van der Waals surface area (Å²) in [5.41, 5.74) is 0.275. The number of hydrogen-bond acceptors (Lipinski definition) is 4. The first-order valence-electron chi connectivity index (χ1n) is 8.65. The standard InChI is InChI=1S/C17H35N3O/c1-14(2)13-21-16-12-15(17(16,3)4)18-6-7-20-10-8-19(5)9-11-20/h14-16,18H,6-13H2,1-5H3. The second-order valence-corrected chi connectivity index (χ2v) is 7.92. The SMILES string of the molecule is CC(C)COC1CC(NCCN2CCN(C)CC2)C1(C)C. The van der Waals surface area contributed by atoms with Gasteiger partial charge >= 0.3 is 0 Å². The second kappa shape index (κ2) is 7.40. The molecule has 0 aromatic rings. The molecule has 1 saturated heterocycles. The van der Waals surface area contributed by atoms with Gasteiger partial charge in [-0.05, 0) is 19.4 Å². The number of likely N-dealkylation sites (N-methyl/N-ethyl adjacent to an activating group) is 1. The zero-order valence-electron chi connectivity index (χ0n) is 14.7. The van der Waals surface area contributed by atoms with E-state index in [2.05, 4.69) is 49.9 Å².